The minimum Gasteiger partial charge on any atom is -0.457 e. The Hall–Kier alpha value is -1.53. The fourth-order valence-electron chi connectivity index (χ4n) is 9.22. The third-order valence-electron chi connectivity index (χ3n) is 13.9. The number of carbonyl (C=O) groups is 1. The number of aliphatic hydroxyl groups excluding tert-OH is 7. The molecule has 0 amide bonds. The van der Waals surface area contributed by atoms with Crippen LogP contribution in [0.1, 0.15) is 232 Å². The molecule has 11 unspecified atom stereocenters. The summed E-state index contributed by atoms with van der Waals surface area (Å²) in [6, 6.07) is 0. The Balaban J connectivity index is 1.72. The zero-order chi connectivity index (χ0) is 51.6. The average molecular weight is 1020 g/mol. The molecule has 2 rings (SSSR count). The van der Waals surface area contributed by atoms with Crippen molar-refractivity contribution in [2.75, 3.05) is 33.0 Å². The van der Waals surface area contributed by atoms with Gasteiger partial charge in [0.15, 0.2) is 12.6 Å². The second-order valence-corrected chi connectivity index (χ2v) is 20.5. The van der Waals surface area contributed by atoms with E-state index >= 15 is 0 Å². The quantitative estimate of drug-likeness (QED) is 0.0172. The fraction of sp³-hybridized carbons (Fsp3) is 0.912. The van der Waals surface area contributed by atoms with Gasteiger partial charge in [-0.1, -0.05) is 186 Å². The van der Waals surface area contributed by atoms with Crippen molar-refractivity contribution in [2.24, 2.45) is 0 Å². The summed E-state index contributed by atoms with van der Waals surface area (Å²) < 4.78 is 34.4. The Bertz CT molecular complexity index is 1270. The van der Waals surface area contributed by atoms with E-state index in [4.69, 9.17) is 28.4 Å². The molecule has 2 heterocycles. The van der Waals surface area contributed by atoms with Crippen LogP contribution in [0.3, 0.4) is 0 Å². The molecule has 0 aliphatic carbocycles. The smallest absolute Gasteiger partial charge is 0.306 e. The number of aliphatic hydroxyl groups is 7. The first-order valence-corrected chi connectivity index (χ1v) is 28.9. The van der Waals surface area contributed by atoms with Gasteiger partial charge in [-0.3, -0.25) is 4.79 Å². The van der Waals surface area contributed by atoms with Crippen LogP contribution in [0.15, 0.2) is 24.3 Å². The minimum atomic E-state index is -1.71. The molecule has 2 saturated heterocycles. The minimum absolute atomic E-state index is 0.0607. The molecule has 418 valence electrons. The van der Waals surface area contributed by atoms with E-state index in [1.54, 1.807) is 0 Å². The summed E-state index contributed by atoms with van der Waals surface area (Å²) >= 11 is 0. The summed E-state index contributed by atoms with van der Waals surface area (Å²) in [4.78, 5) is 13.1. The van der Waals surface area contributed by atoms with E-state index in [0.717, 1.165) is 44.9 Å². The SMILES string of the molecule is CCCCCCCCC/C=C\CCCCCCCCCCOCC(COC1OC(COC2OC(CO)C(O)C(O)C2O)C(O)C(O)C1O)OC(=O)CCCCCCCCC/C=C\CCCCCCCCC. The van der Waals surface area contributed by atoms with Gasteiger partial charge in [-0.05, 0) is 64.2 Å². The van der Waals surface area contributed by atoms with Crippen LogP contribution in [0.4, 0.5) is 0 Å². The van der Waals surface area contributed by atoms with E-state index in [1.807, 2.05) is 0 Å². The molecule has 2 aliphatic rings. The summed E-state index contributed by atoms with van der Waals surface area (Å²) in [5.41, 5.74) is 0. The molecule has 7 N–H and O–H groups in total. The lowest BCUT2D eigenvalue weighted by Gasteiger charge is -2.42. The zero-order valence-corrected chi connectivity index (χ0v) is 44.7. The van der Waals surface area contributed by atoms with Crippen LogP contribution in [-0.2, 0) is 33.2 Å². The molecule has 0 spiro atoms. The summed E-state index contributed by atoms with van der Waals surface area (Å²) in [5.74, 6) is -0.378. The first kappa shape index (κ1) is 65.6. The van der Waals surface area contributed by atoms with E-state index in [9.17, 15) is 40.5 Å². The van der Waals surface area contributed by atoms with Crippen molar-refractivity contribution in [1.82, 2.24) is 0 Å². The van der Waals surface area contributed by atoms with Crippen molar-refractivity contribution in [3.05, 3.63) is 24.3 Å². The van der Waals surface area contributed by atoms with E-state index in [0.29, 0.717) is 13.0 Å². The van der Waals surface area contributed by atoms with Crippen molar-refractivity contribution < 1.29 is 69.0 Å². The second kappa shape index (κ2) is 44.7. The number of esters is 1. The second-order valence-electron chi connectivity index (χ2n) is 20.5. The maximum absolute atomic E-state index is 13.1. The molecule has 0 aromatic carbocycles. The highest BCUT2D eigenvalue weighted by Crippen LogP contribution is 2.27. The molecule has 2 fully saturated rings. The normalized spacial score (nSPS) is 25.4. The highest BCUT2D eigenvalue weighted by Gasteiger charge is 2.47. The summed E-state index contributed by atoms with van der Waals surface area (Å²) in [6.07, 6.45) is 33.8. The largest absolute Gasteiger partial charge is 0.457 e. The lowest BCUT2D eigenvalue weighted by Crippen LogP contribution is -2.61. The Morgan fingerprint density at radius 3 is 1.28 bits per heavy atom. The molecule has 11 atom stereocenters. The lowest BCUT2D eigenvalue weighted by atomic mass is 9.98. The number of ether oxygens (including phenoxy) is 6. The Labute approximate surface area is 430 Å². The van der Waals surface area contributed by atoms with Crippen molar-refractivity contribution in [2.45, 2.75) is 300 Å². The third-order valence-corrected chi connectivity index (χ3v) is 13.9. The van der Waals surface area contributed by atoms with Gasteiger partial charge in [0.2, 0.25) is 0 Å². The molecule has 2 aliphatic heterocycles. The Morgan fingerprint density at radius 1 is 0.451 bits per heavy atom. The van der Waals surface area contributed by atoms with Gasteiger partial charge in [0.1, 0.15) is 54.9 Å². The predicted octanol–water partition coefficient (Wildman–Crippen LogP) is 9.97. The van der Waals surface area contributed by atoms with Crippen LogP contribution in [0.25, 0.3) is 0 Å². The summed E-state index contributed by atoms with van der Waals surface area (Å²) in [7, 11) is 0. The van der Waals surface area contributed by atoms with Crippen molar-refractivity contribution >= 4 is 5.97 Å². The number of carbonyl (C=O) groups excluding carboxylic acids is 1. The van der Waals surface area contributed by atoms with E-state index in [2.05, 4.69) is 38.2 Å². The molecule has 0 aromatic heterocycles. The average Bonchev–Trinajstić information content (AvgIpc) is 3.37. The van der Waals surface area contributed by atoms with Crippen LogP contribution >= 0.6 is 0 Å². The topological polar surface area (TPSA) is 214 Å². The number of hydrogen-bond acceptors (Lipinski definition) is 14. The predicted molar refractivity (Wildman–Crippen MR) is 280 cm³/mol. The van der Waals surface area contributed by atoms with Gasteiger partial charge in [0.05, 0.1) is 26.4 Å². The van der Waals surface area contributed by atoms with Crippen LogP contribution in [0, 0.1) is 0 Å². The zero-order valence-electron chi connectivity index (χ0n) is 44.7. The van der Waals surface area contributed by atoms with Crippen molar-refractivity contribution in [3.63, 3.8) is 0 Å². The van der Waals surface area contributed by atoms with Gasteiger partial charge in [0.25, 0.3) is 0 Å². The van der Waals surface area contributed by atoms with Crippen LogP contribution in [-0.4, -0.2) is 142 Å². The molecule has 0 aromatic rings. The number of hydrogen-bond donors (Lipinski definition) is 7. The number of rotatable bonds is 47. The Kier molecular flexibility index (Phi) is 41.3. The van der Waals surface area contributed by atoms with Crippen LogP contribution in [0.5, 0.6) is 0 Å². The molecule has 0 bridgehead atoms. The van der Waals surface area contributed by atoms with Gasteiger partial charge in [0, 0.05) is 13.0 Å². The van der Waals surface area contributed by atoms with Gasteiger partial charge >= 0.3 is 5.97 Å². The highest BCUT2D eigenvalue weighted by molar-refractivity contribution is 5.69. The number of allylic oxidation sites excluding steroid dienone is 4. The van der Waals surface area contributed by atoms with Crippen molar-refractivity contribution in [3.8, 4) is 0 Å². The summed E-state index contributed by atoms with van der Waals surface area (Å²) in [6.45, 7) is 3.71. The number of unbranched alkanes of at least 4 members (excludes halogenated alkanes) is 29. The molecule has 0 saturated carbocycles. The van der Waals surface area contributed by atoms with E-state index in [1.165, 1.54) is 161 Å². The first-order chi connectivity index (χ1) is 34.6. The van der Waals surface area contributed by atoms with Gasteiger partial charge in [-0.2, -0.15) is 0 Å². The van der Waals surface area contributed by atoms with Crippen LogP contribution < -0.4 is 0 Å². The maximum atomic E-state index is 13.1. The maximum Gasteiger partial charge on any atom is 0.306 e. The van der Waals surface area contributed by atoms with E-state index < -0.39 is 80.7 Å². The molecule has 71 heavy (non-hydrogen) atoms. The standard InChI is InChI=1S/C57H106O14/c1-3-5-7-9-11-13-15-17-19-21-23-25-27-29-31-33-35-37-39-41-66-43-46(69-49(59)40-38-36-34-32-30-28-26-24-22-20-18-16-14-12-10-8-6-4-2)44-67-56-55(65)53(63)51(61)48(71-56)45-68-57-54(64)52(62)50(60)47(42-58)70-57/h19-22,46-48,50-58,60-65H,3-18,23-45H2,1-2H3/b21-19-,22-20-. The Morgan fingerprint density at radius 2 is 0.831 bits per heavy atom. The van der Waals surface area contributed by atoms with E-state index in [-0.39, 0.29) is 25.6 Å². The van der Waals surface area contributed by atoms with Crippen molar-refractivity contribution in [1.29, 1.82) is 0 Å². The molecule has 0 radical (unpaired) electrons. The highest BCUT2D eigenvalue weighted by atomic mass is 16.7. The van der Waals surface area contributed by atoms with Crippen LogP contribution in [0.2, 0.25) is 0 Å². The first-order valence-electron chi connectivity index (χ1n) is 28.9. The van der Waals surface area contributed by atoms with Gasteiger partial charge in [-0.25, -0.2) is 0 Å². The molecular weight excluding hydrogens is 909 g/mol. The van der Waals surface area contributed by atoms with Gasteiger partial charge in [-0.15, -0.1) is 0 Å². The van der Waals surface area contributed by atoms with Gasteiger partial charge < -0.3 is 64.2 Å². The molecule has 14 heteroatoms. The fourth-order valence-corrected chi connectivity index (χ4v) is 9.22. The lowest BCUT2D eigenvalue weighted by molar-refractivity contribution is -0.332. The summed E-state index contributed by atoms with van der Waals surface area (Å²) in [5, 5.41) is 72.3. The molecule has 14 nitrogen and oxygen atoms in total. The molecular formula is C57H106O14. The monoisotopic (exact) mass is 1010 g/mol. The third kappa shape index (κ3) is 31.8.